The molecule has 6 heteroatoms. The van der Waals surface area contributed by atoms with E-state index in [1.54, 1.807) is 11.8 Å². The van der Waals surface area contributed by atoms with Crippen molar-refractivity contribution in [3.8, 4) is 16.9 Å². The van der Waals surface area contributed by atoms with E-state index in [-0.39, 0.29) is 5.91 Å². The standard InChI is InChI=1S/C22H24N4O2/c1-24-15-19(13-23-24)18-5-7-20(8-6-18)25-11-12-26(22(27)16-25)14-17-3-9-21(28-2)10-4-17/h3-10,13,15H,11-12,14,16H2,1-2H3. The number of nitrogens with zero attached hydrogens (tertiary/aromatic N) is 4. The Kier molecular flexibility index (Phi) is 5.02. The zero-order valence-corrected chi connectivity index (χ0v) is 16.2. The van der Waals surface area contributed by atoms with Gasteiger partial charge in [0.25, 0.3) is 0 Å². The number of carbonyl (C=O) groups is 1. The van der Waals surface area contributed by atoms with Crippen LogP contribution in [0.5, 0.6) is 5.75 Å². The first kappa shape index (κ1) is 18.1. The fourth-order valence-electron chi connectivity index (χ4n) is 3.48. The number of hydrogen-bond acceptors (Lipinski definition) is 4. The summed E-state index contributed by atoms with van der Waals surface area (Å²) < 4.78 is 6.98. The maximum Gasteiger partial charge on any atom is 0.242 e. The predicted octanol–water partition coefficient (Wildman–Crippen LogP) is 2.94. The van der Waals surface area contributed by atoms with Crippen LogP contribution in [0.2, 0.25) is 0 Å². The lowest BCUT2D eigenvalue weighted by atomic mass is 10.1. The Morgan fingerprint density at radius 1 is 1.00 bits per heavy atom. The summed E-state index contributed by atoms with van der Waals surface area (Å²) in [5.74, 6) is 0.980. The number of aryl methyl sites for hydroxylation is 1. The molecule has 1 aliphatic rings. The van der Waals surface area contributed by atoms with Crippen LogP contribution in [0.25, 0.3) is 11.1 Å². The monoisotopic (exact) mass is 376 g/mol. The molecule has 1 amide bonds. The first-order valence-corrected chi connectivity index (χ1v) is 9.37. The van der Waals surface area contributed by atoms with Gasteiger partial charge in [-0.05, 0) is 35.4 Å². The van der Waals surface area contributed by atoms with E-state index in [4.69, 9.17) is 4.74 Å². The summed E-state index contributed by atoms with van der Waals surface area (Å²) in [4.78, 5) is 16.7. The normalized spacial score (nSPS) is 14.4. The number of aromatic nitrogens is 2. The molecule has 0 bridgehead atoms. The highest BCUT2D eigenvalue weighted by atomic mass is 16.5. The van der Waals surface area contributed by atoms with Crippen molar-refractivity contribution in [2.75, 3.05) is 31.6 Å². The molecule has 1 fully saturated rings. The highest BCUT2D eigenvalue weighted by Gasteiger charge is 2.24. The highest BCUT2D eigenvalue weighted by molar-refractivity contribution is 5.83. The molecule has 0 spiro atoms. The molecule has 3 aromatic rings. The van der Waals surface area contributed by atoms with Crippen LogP contribution in [0.1, 0.15) is 5.56 Å². The van der Waals surface area contributed by atoms with Crippen LogP contribution in [0.4, 0.5) is 5.69 Å². The number of piperazine rings is 1. The minimum atomic E-state index is 0.151. The molecule has 28 heavy (non-hydrogen) atoms. The van der Waals surface area contributed by atoms with E-state index in [9.17, 15) is 4.79 Å². The van der Waals surface area contributed by atoms with Crippen LogP contribution in [0.15, 0.2) is 60.9 Å². The van der Waals surface area contributed by atoms with Gasteiger partial charge >= 0.3 is 0 Å². The third-order valence-electron chi connectivity index (χ3n) is 5.12. The van der Waals surface area contributed by atoms with Crippen LogP contribution >= 0.6 is 0 Å². The van der Waals surface area contributed by atoms with Crippen molar-refractivity contribution in [3.05, 3.63) is 66.5 Å². The third kappa shape index (κ3) is 3.86. The molecule has 1 aromatic heterocycles. The van der Waals surface area contributed by atoms with Crippen LogP contribution in [-0.2, 0) is 18.4 Å². The Morgan fingerprint density at radius 3 is 2.36 bits per heavy atom. The van der Waals surface area contributed by atoms with E-state index in [2.05, 4.69) is 34.3 Å². The van der Waals surface area contributed by atoms with Gasteiger partial charge in [-0.3, -0.25) is 9.48 Å². The second kappa shape index (κ2) is 7.76. The second-order valence-corrected chi connectivity index (χ2v) is 7.03. The number of benzene rings is 2. The van der Waals surface area contributed by atoms with Crippen molar-refractivity contribution >= 4 is 11.6 Å². The summed E-state index contributed by atoms with van der Waals surface area (Å²) in [5.41, 5.74) is 4.41. The molecule has 0 radical (unpaired) electrons. The number of anilines is 1. The molecule has 0 N–H and O–H groups in total. The number of rotatable bonds is 5. The summed E-state index contributed by atoms with van der Waals surface area (Å²) in [6.45, 7) is 2.59. The topological polar surface area (TPSA) is 50.6 Å². The van der Waals surface area contributed by atoms with Crippen molar-refractivity contribution in [2.24, 2.45) is 7.05 Å². The van der Waals surface area contributed by atoms with Crippen molar-refractivity contribution < 1.29 is 9.53 Å². The molecule has 2 aromatic carbocycles. The molecule has 0 saturated carbocycles. The lowest BCUT2D eigenvalue weighted by Gasteiger charge is -2.35. The van der Waals surface area contributed by atoms with Crippen molar-refractivity contribution in [1.82, 2.24) is 14.7 Å². The first-order chi connectivity index (χ1) is 13.6. The summed E-state index contributed by atoms with van der Waals surface area (Å²) in [7, 11) is 3.57. The molecule has 144 valence electrons. The van der Waals surface area contributed by atoms with Crippen LogP contribution in [0, 0.1) is 0 Å². The molecular formula is C22H24N4O2. The van der Waals surface area contributed by atoms with Gasteiger partial charge in [-0.15, -0.1) is 0 Å². The smallest absolute Gasteiger partial charge is 0.242 e. The molecule has 0 atom stereocenters. The minimum Gasteiger partial charge on any atom is -0.497 e. The summed E-state index contributed by atoms with van der Waals surface area (Å²) in [6.07, 6.45) is 3.85. The largest absolute Gasteiger partial charge is 0.497 e. The number of ether oxygens (including phenoxy) is 1. The van der Waals surface area contributed by atoms with Crippen molar-refractivity contribution in [1.29, 1.82) is 0 Å². The van der Waals surface area contributed by atoms with E-state index >= 15 is 0 Å². The molecule has 0 aliphatic carbocycles. The SMILES string of the molecule is COc1ccc(CN2CCN(c3ccc(-c4cnn(C)c4)cc3)CC2=O)cc1. The van der Waals surface area contributed by atoms with Gasteiger partial charge in [-0.25, -0.2) is 0 Å². The van der Waals surface area contributed by atoms with Crippen LogP contribution < -0.4 is 9.64 Å². The third-order valence-corrected chi connectivity index (χ3v) is 5.12. The maximum absolute atomic E-state index is 12.6. The Bertz CT molecular complexity index is 947. The molecule has 1 aliphatic heterocycles. The summed E-state index contributed by atoms with van der Waals surface area (Å²) in [5, 5.41) is 4.22. The van der Waals surface area contributed by atoms with E-state index < -0.39 is 0 Å². The zero-order valence-electron chi connectivity index (χ0n) is 16.2. The van der Waals surface area contributed by atoms with Crippen LogP contribution in [0.3, 0.4) is 0 Å². The Labute approximate surface area is 164 Å². The first-order valence-electron chi connectivity index (χ1n) is 9.37. The van der Waals surface area contributed by atoms with Gasteiger partial charge in [0.1, 0.15) is 5.75 Å². The van der Waals surface area contributed by atoms with Crippen molar-refractivity contribution in [2.45, 2.75) is 6.54 Å². The molecule has 4 rings (SSSR count). The van der Waals surface area contributed by atoms with Crippen molar-refractivity contribution in [3.63, 3.8) is 0 Å². The maximum atomic E-state index is 12.6. The van der Waals surface area contributed by atoms with Crippen LogP contribution in [-0.4, -0.2) is 47.3 Å². The van der Waals surface area contributed by atoms with Gasteiger partial charge < -0.3 is 14.5 Å². The van der Waals surface area contributed by atoms with Gasteiger partial charge in [0.05, 0.1) is 19.9 Å². The molecule has 1 saturated heterocycles. The lowest BCUT2D eigenvalue weighted by molar-refractivity contribution is -0.131. The number of hydrogen-bond donors (Lipinski definition) is 0. The Balaban J connectivity index is 1.38. The number of methoxy groups -OCH3 is 1. The summed E-state index contributed by atoms with van der Waals surface area (Å²) >= 11 is 0. The number of carbonyl (C=O) groups excluding carboxylic acids is 1. The quantitative estimate of drug-likeness (QED) is 0.687. The highest BCUT2D eigenvalue weighted by Crippen LogP contribution is 2.24. The Morgan fingerprint density at radius 2 is 1.75 bits per heavy atom. The second-order valence-electron chi connectivity index (χ2n) is 7.03. The molecular weight excluding hydrogens is 352 g/mol. The van der Waals surface area contributed by atoms with Gasteiger partial charge in [0.2, 0.25) is 5.91 Å². The molecule has 6 nitrogen and oxygen atoms in total. The predicted molar refractivity (Wildman–Crippen MR) is 109 cm³/mol. The van der Waals surface area contributed by atoms with E-state index in [0.717, 1.165) is 41.2 Å². The van der Waals surface area contributed by atoms with E-state index in [1.807, 2.05) is 48.6 Å². The average molecular weight is 376 g/mol. The minimum absolute atomic E-state index is 0.151. The molecule has 2 heterocycles. The number of amides is 1. The van der Waals surface area contributed by atoms with E-state index in [0.29, 0.717) is 13.1 Å². The van der Waals surface area contributed by atoms with Gasteiger partial charge in [0, 0.05) is 44.1 Å². The fourth-order valence-corrected chi connectivity index (χ4v) is 3.48. The zero-order chi connectivity index (χ0) is 19.5. The summed E-state index contributed by atoms with van der Waals surface area (Å²) in [6, 6.07) is 16.2. The van der Waals surface area contributed by atoms with E-state index in [1.165, 1.54) is 0 Å². The Hall–Kier alpha value is -3.28. The van der Waals surface area contributed by atoms with Gasteiger partial charge in [0.15, 0.2) is 0 Å². The lowest BCUT2D eigenvalue weighted by Crippen LogP contribution is -2.50. The van der Waals surface area contributed by atoms with Gasteiger partial charge in [-0.2, -0.15) is 5.10 Å². The van der Waals surface area contributed by atoms with Gasteiger partial charge in [-0.1, -0.05) is 24.3 Å². The fraction of sp³-hybridized carbons (Fsp3) is 0.273. The molecule has 0 unspecified atom stereocenters. The average Bonchev–Trinajstić information content (AvgIpc) is 3.16.